The van der Waals surface area contributed by atoms with Gasteiger partial charge in [-0.15, -0.1) is 0 Å². The van der Waals surface area contributed by atoms with E-state index in [1.165, 1.54) is 4.90 Å². The van der Waals surface area contributed by atoms with Gasteiger partial charge in [0.05, 0.1) is 12.1 Å². The molecule has 0 amide bonds. The van der Waals surface area contributed by atoms with Gasteiger partial charge in [0.25, 0.3) is 0 Å². The second-order valence-corrected chi connectivity index (χ2v) is 8.46. The van der Waals surface area contributed by atoms with Gasteiger partial charge in [-0.3, -0.25) is 0 Å². The highest BCUT2D eigenvalue weighted by atomic mass is 35.5. The average molecular weight is 516 g/mol. The fourth-order valence-electron chi connectivity index (χ4n) is 3.76. The zero-order chi connectivity index (χ0) is 25.4. The number of rotatable bonds is 4. The minimum Gasteiger partial charge on any atom is -0.479 e. The van der Waals surface area contributed by atoms with Crippen LogP contribution in [0.2, 0.25) is 5.02 Å². The number of hydrogen-bond acceptors (Lipinski definition) is 3. The monoisotopic (exact) mass is 515 g/mol. The van der Waals surface area contributed by atoms with Gasteiger partial charge < -0.3 is 14.4 Å². The average Bonchev–Trinajstić information content (AvgIpc) is 2.99. The molecule has 35 heavy (non-hydrogen) atoms. The van der Waals surface area contributed by atoms with Crippen LogP contribution < -0.4 is 14.4 Å². The van der Waals surface area contributed by atoms with Gasteiger partial charge in [0, 0.05) is 28.9 Å². The number of nitrogens with zero attached hydrogens (tertiary/aromatic N) is 1. The first-order chi connectivity index (χ1) is 16.4. The van der Waals surface area contributed by atoms with Crippen molar-refractivity contribution in [3.05, 3.63) is 82.4 Å². The Balaban J connectivity index is 1.66. The van der Waals surface area contributed by atoms with Gasteiger partial charge in [-0.25, -0.2) is 0 Å². The van der Waals surface area contributed by atoms with Gasteiger partial charge in [0.15, 0.2) is 0 Å². The molecule has 186 valence electrons. The molecule has 0 radical (unpaired) electrons. The van der Waals surface area contributed by atoms with E-state index in [2.05, 4.69) is 0 Å². The van der Waals surface area contributed by atoms with Crippen molar-refractivity contribution in [1.29, 1.82) is 0 Å². The predicted molar refractivity (Wildman–Crippen MR) is 120 cm³/mol. The molecule has 1 heterocycles. The lowest BCUT2D eigenvalue weighted by Crippen LogP contribution is -2.43. The Morgan fingerprint density at radius 1 is 0.971 bits per heavy atom. The lowest BCUT2D eigenvalue weighted by Gasteiger charge is -2.27. The summed E-state index contributed by atoms with van der Waals surface area (Å²) >= 11 is 6.14. The third kappa shape index (κ3) is 5.78. The lowest BCUT2D eigenvalue weighted by atomic mass is 10.1. The van der Waals surface area contributed by atoms with Crippen LogP contribution in [-0.4, -0.2) is 18.8 Å². The summed E-state index contributed by atoms with van der Waals surface area (Å²) in [6.45, 7) is 1.26. The van der Waals surface area contributed by atoms with Crippen molar-refractivity contribution >= 4 is 17.3 Å². The van der Waals surface area contributed by atoms with Gasteiger partial charge in [0.1, 0.15) is 17.2 Å². The first kappa shape index (κ1) is 25.0. The lowest BCUT2D eigenvalue weighted by molar-refractivity contribution is -0.191. The Bertz CT molecular complexity index is 1210. The standard InChI is InChI=1S/C25H20ClF6NO2/c1-2-15-10-20(8-9-21(15)26)34-19-5-3-4-18(12-19)33-13-16-6-7-17(24(27,28)29)11-22(16)35-23(14-33)25(30,31)32/h3-12,23H,2,13-14H2,1H3. The van der Waals surface area contributed by atoms with Crippen molar-refractivity contribution in [3.63, 3.8) is 0 Å². The summed E-state index contributed by atoms with van der Waals surface area (Å²) in [6.07, 6.45) is -11.1. The Morgan fingerprint density at radius 3 is 2.40 bits per heavy atom. The molecule has 0 saturated heterocycles. The van der Waals surface area contributed by atoms with Gasteiger partial charge in [0.2, 0.25) is 6.10 Å². The highest BCUT2D eigenvalue weighted by Crippen LogP contribution is 2.39. The van der Waals surface area contributed by atoms with Crippen molar-refractivity contribution in [2.75, 3.05) is 11.4 Å². The fraction of sp³-hybridized carbons (Fsp3) is 0.280. The Labute approximate surface area is 202 Å². The van der Waals surface area contributed by atoms with E-state index in [0.717, 1.165) is 17.7 Å². The summed E-state index contributed by atoms with van der Waals surface area (Å²) in [5.74, 6) is 0.458. The van der Waals surface area contributed by atoms with E-state index in [1.54, 1.807) is 42.5 Å². The molecule has 1 atom stereocenters. The number of ether oxygens (including phenoxy) is 2. The summed E-state index contributed by atoms with van der Waals surface area (Å²) in [4.78, 5) is 1.41. The third-order valence-electron chi connectivity index (χ3n) is 5.59. The van der Waals surface area contributed by atoms with Gasteiger partial charge in [-0.1, -0.05) is 30.7 Å². The molecule has 3 nitrogen and oxygen atoms in total. The number of alkyl halides is 6. The SMILES string of the molecule is CCc1cc(Oc2cccc(N3Cc4ccc(C(F)(F)F)cc4OC(C(F)(F)F)C3)c2)ccc1Cl. The van der Waals surface area contributed by atoms with Crippen LogP contribution in [0.3, 0.4) is 0 Å². The summed E-state index contributed by atoms with van der Waals surface area (Å²) in [5, 5.41) is 0.601. The molecular weight excluding hydrogens is 496 g/mol. The summed E-state index contributed by atoms with van der Waals surface area (Å²) in [5.41, 5.74) is 0.419. The maximum atomic E-state index is 13.7. The van der Waals surface area contributed by atoms with E-state index in [4.69, 9.17) is 21.1 Å². The molecule has 4 rings (SSSR count). The van der Waals surface area contributed by atoms with Gasteiger partial charge in [-0.2, -0.15) is 26.3 Å². The van der Waals surface area contributed by atoms with Crippen LogP contribution in [0.5, 0.6) is 17.2 Å². The van der Waals surface area contributed by atoms with Crippen LogP contribution in [-0.2, 0) is 19.1 Å². The molecular formula is C25H20ClF6NO2. The van der Waals surface area contributed by atoms with Crippen LogP contribution in [0.4, 0.5) is 32.0 Å². The highest BCUT2D eigenvalue weighted by Gasteiger charge is 2.45. The van der Waals surface area contributed by atoms with Gasteiger partial charge in [-0.05, 0) is 54.4 Å². The largest absolute Gasteiger partial charge is 0.479 e. The van der Waals surface area contributed by atoms with Crippen molar-refractivity contribution < 1.29 is 35.8 Å². The molecule has 0 saturated carbocycles. The smallest absolute Gasteiger partial charge is 0.427 e. The Kier molecular flexibility index (Phi) is 6.81. The number of benzene rings is 3. The number of aryl methyl sites for hydroxylation is 1. The first-order valence-corrected chi connectivity index (χ1v) is 11.1. The van der Waals surface area contributed by atoms with Crippen LogP contribution in [0.15, 0.2) is 60.7 Å². The second-order valence-electron chi connectivity index (χ2n) is 8.06. The molecule has 0 fully saturated rings. The summed E-state index contributed by atoms with van der Waals surface area (Å²) in [6, 6.07) is 14.2. The second kappa shape index (κ2) is 9.53. The molecule has 0 bridgehead atoms. The van der Waals surface area contributed by atoms with Crippen LogP contribution in [0.1, 0.15) is 23.6 Å². The van der Waals surface area contributed by atoms with E-state index in [9.17, 15) is 26.3 Å². The summed E-state index contributed by atoms with van der Waals surface area (Å²) < 4.78 is 91.4. The molecule has 0 aliphatic carbocycles. The molecule has 0 spiro atoms. The van der Waals surface area contributed by atoms with Gasteiger partial charge >= 0.3 is 12.4 Å². The minimum absolute atomic E-state index is 0.0789. The van der Waals surface area contributed by atoms with Crippen LogP contribution >= 0.6 is 11.6 Å². The Morgan fingerprint density at radius 2 is 1.71 bits per heavy atom. The van der Waals surface area contributed by atoms with E-state index in [1.807, 2.05) is 6.92 Å². The van der Waals surface area contributed by atoms with Crippen molar-refractivity contribution in [2.45, 2.75) is 38.3 Å². The zero-order valence-electron chi connectivity index (χ0n) is 18.4. The predicted octanol–water partition coefficient (Wildman–Crippen LogP) is 8.04. The minimum atomic E-state index is -4.79. The quantitative estimate of drug-likeness (QED) is 0.328. The van der Waals surface area contributed by atoms with Crippen molar-refractivity contribution in [1.82, 2.24) is 0 Å². The maximum absolute atomic E-state index is 13.7. The van der Waals surface area contributed by atoms with Crippen LogP contribution in [0.25, 0.3) is 0 Å². The molecule has 0 aromatic heterocycles. The zero-order valence-corrected chi connectivity index (χ0v) is 19.1. The molecule has 0 N–H and O–H groups in total. The highest BCUT2D eigenvalue weighted by molar-refractivity contribution is 6.31. The van der Waals surface area contributed by atoms with E-state index < -0.39 is 36.3 Å². The number of hydrogen-bond donors (Lipinski definition) is 0. The third-order valence-corrected chi connectivity index (χ3v) is 5.96. The first-order valence-electron chi connectivity index (χ1n) is 10.7. The van der Waals surface area contributed by atoms with Crippen molar-refractivity contribution in [3.8, 4) is 17.2 Å². The number of fused-ring (bicyclic) bond motifs is 1. The normalized spacial score (nSPS) is 16.3. The molecule has 1 aliphatic rings. The Hall–Kier alpha value is -3.07. The molecule has 1 aliphatic heterocycles. The van der Waals surface area contributed by atoms with E-state index >= 15 is 0 Å². The molecule has 10 heteroatoms. The van der Waals surface area contributed by atoms with E-state index in [-0.39, 0.29) is 12.1 Å². The van der Waals surface area contributed by atoms with Crippen molar-refractivity contribution in [2.24, 2.45) is 0 Å². The van der Waals surface area contributed by atoms with Crippen LogP contribution in [0, 0.1) is 0 Å². The maximum Gasteiger partial charge on any atom is 0.427 e. The number of anilines is 1. The molecule has 1 unspecified atom stereocenters. The molecule has 3 aromatic carbocycles. The fourth-order valence-corrected chi connectivity index (χ4v) is 4.02. The molecule has 3 aromatic rings. The summed E-state index contributed by atoms with van der Waals surface area (Å²) in [7, 11) is 0. The topological polar surface area (TPSA) is 21.7 Å². The number of halogens is 7. The van der Waals surface area contributed by atoms with E-state index in [0.29, 0.717) is 34.7 Å².